The Bertz CT molecular complexity index is 841. The van der Waals surface area contributed by atoms with Gasteiger partial charge in [0.2, 0.25) is 0 Å². The molecule has 0 fully saturated rings. The summed E-state index contributed by atoms with van der Waals surface area (Å²) in [5, 5.41) is 1.92. The van der Waals surface area contributed by atoms with Crippen molar-refractivity contribution in [2.75, 3.05) is 0 Å². The van der Waals surface area contributed by atoms with Crippen molar-refractivity contribution in [1.29, 1.82) is 0 Å². The predicted octanol–water partition coefficient (Wildman–Crippen LogP) is 3.64. The van der Waals surface area contributed by atoms with Crippen LogP contribution < -0.4 is 5.56 Å². The van der Waals surface area contributed by atoms with E-state index in [-0.39, 0.29) is 11.4 Å². The number of thiazole rings is 1. The Morgan fingerprint density at radius 3 is 2.95 bits per heavy atom. The van der Waals surface area contributed by atoms with Gasteiger partial charge in [-0.15, -0.1) is 11.3 Å². The van der Waals surface area contributed by atoms with E-state index in [1.165, 1.54) is 17.4 Å². The second-order valence-electron chi connectivity index (χ2n) is 4.66. The normalized spacial score (nSPS) is 11.1. The highest BCUT2D eigenvalue weighted by molar-refractivity contribution is 7.97. The lowest BCUT2D eigenvalue weighted by molar-refractivity contribution is 0.617. The molecule has 3 nitrogen and oxygen atoms in total. The van der Waals surface area contributed by atoms with Gasteiger partial charge in [-0.3, -0.25) is 9.20 Å². The largest absolute Gasteiger partial charge is 0.269 e. The van der Waals surface area contributed by atoms with Crippen molar-refractivity contribution in [3.63, 3.8) is 0 Å². The minimum atomic E-state index is -0.192. The maximum Gasteiger partial charge on any atom is 0.258 e. The third-order valence-electron chi connectivity index (χ3n) is 3.09. The van der Waals surface area contributed by atoms with Gasteiger partial charge in [-0.25, -0.2) is 9.37 Å². The molecule has 0 aliphatic carbocycles. The highest BCUT2D eigenvalue weighted by Crippen LogP contribution is 2.19. The lowest BCUT2D eigenvalue weighted by Crippen LogP contribution is -2.14. The molecule has 0 aliphatic heterocycles. The molecule has 0 unspecified atom stereocenters. The standard InChI is InChI=1S/C15H13FN2OS2/c1-10-7-21-15-17-12(6-14(19)18(10)15)9-20-8-11-4-2-3-5-13(11)16/h2-7H,8-9H2,1H3. The van der Waals surface area contributed by atoms with Crippen molar-refractivity contribution in [3.05, 3.63) is 68.8 Å². The van der Waals surface area contributed by atoms with Crippen molar-refractivity contribution >= 4 is 28.1 Å². The van der Waals surface area contributed by atoms with E-state index in [0.29, 0.717) is 22.0 Å². The third-order valence-corrected chi connectivity index (χ3v) is 5.05. The zero-order chi connectivity index (χ0) is 14.8. The van der Waals surface area contributed by atoms with Crippen molar-refractivity contribution < 1.29 is 4.39 Å². The smallest absolute Gasteiger partial charge is 0.258 e. The summed E-state index contributed by atoms with van der Waals surface area (Å²) in [6, 6.07) is 8.29. The van der Waals surface area contributed by atoms with Gasteiger partial charge in [0.25, 0.3) is 5.56 Å². The molecule has 0 amide bonds. The summed E-state index contributed by atoms with van der Waals surface area (Å²) in [5.74, 6) is 0.969. The molecule has 3 rings (SSSR count). The summed E-state index contributed by atoms with van der Waals surface area (Å²) in [7, 11) is 0. The lowest BCUT2D eigenvalue weighted by atomic mass is 10.2. The minimum absolute atomic E-state index is 0.0553. The molecule has 21 heavy (non-hydrogen) atoms. The Morgan fingerprint density at radius 2 is 2.14 bits per heavy atom. The summed E-state index contributed by atoms with van der Waals surface area (Å²) in [6.07, 6.45) is 0. The zero-order valence-electron chi connectivity index (χ0n) is 11.4. The second-order valence-corrected chi connectivity index (χ2v) is 6.49. The van der Waals surface area contributed by atoms with Crippen LogP contribution in [0.2, 0.25) is 0 Å². The molecule has 6 heteroatoms. The monoisotopic (exact) mass is 320 g/mol. The molecule has 0 saturated carbocycles. The van der Waals surface area contributed by atoms with Crippen LogP contribution in [0.3, 0.4) is 0 Å². The van der Waals surface area contributed by atoms with Crippen LogP contribution in [-0.4, -0.2) is 9.38 Å². The van der Waals surface area contributed by atoms with Crippen molar-refractivity contribution in [2.45, 2.75) is 18.4 Å². The maximum absolute atomic E-state index is 13.5. The minimum Gasteiger partial charge on any atom is -0.269 e. The number of thioether (sulfide) groups is 1. The number of aromatic nitrogens is 2. The average molecular weight is 320 g/mol. The van der Waals surface area contributed by atoms with Crippen LogP contribution in [0.5, 0.6) is 0 Å². The zero-order valence-corrected chi connectivity index (χ0v) is 13.0. The second kappa shape index (κ2) is 5.99. The van der Waals surface area contributed by atoms with Crippen LogP contribution in [0.25, 0.3) is 4.96 Å². The molecule has 108 valence electrons. The van der Waals surface area contributed by atoms with E-state index in [1.807, 2.05) is 18.4 Å². The van der Waals surface area contributed by atoms with E-state index in [4.69, 9.17) is 0 Å². The molecule has 0 radical (unpaired) electrons. The Kier molecular flexibility index (Phi) is 4.07. The average Bonchev–Trinajstić information content (AvgIpc) is 2.83. The number of hydrogen-bond acceptors (Lipinski definition) is 4. The molecule has 0 bridgehead atoms. The first-order valence-electron chi connectivity index (χ1n) is 6.43. The maximum atomic E-state index is 13.5. The molecular weight excluding hydrogens is 307 g/mol. The first kappa shape index (κ1) is 14.3. The first-order chi connectivity index (χ1) is 10.1. The summed E-state index contributed by atoms with van der Waals surface area (Å²) < 4.78 is 15.1. The van der Waals surface area contributed by atoms with Crippen molar-refractivity contribution in [2.24, 2.45) is 0 Å². The fourth-order valence-electron chi connectivity index (χ4n) is 2.06. The molecule has 0 aliphatic rings. The Balaban J connectivity index is 1.74. The Hall–Kier alpha value is -1.66. The summed E-state index contributed by atoms with van der Waals surface area (Å²) in [5.41, 5.74) is 2.26. The van der Waals surface area contributed by atoms with Crippen LogP contribution in [0.4, 0.5) is 4.39 Å². The van der Waals surface area contributed by atoms with Crippen LogP contribution in [0.15, 0.2) is 40.5 Å². The number of rotatable bonds is 4. The Labute approximate surface area is 129 Å². The molecule has 0 saturated heterocycles. The van der Waals surface area contributed by atoms with Gasteiger partial charge in [0, 0.05) is 28.6 Å². The molecule has 3 aromatic rings. The molecule has 2 aromatic heterocycles. The number of benzene rings is 1. The first-order valence-corrected chi connectivity index (χ1v) is 8.46. The quantitative estimate of drug-likeness (QED) is 0.736. The topological polar surface area (TPSA) is 34.4 Å². The molecule has 0 spiro atoms. The van der Waals surface area contributed by atoms with E-state index < -0.39 is 0 Å². The number of nitrogens with zero attached hydrogens (tertiary/aromatic N) is 2. The van der Waals surface area contributed by atoms with Gasteiger partial charge in [-0.05, 0) is 18.6 Å². The molecule has 2 heterocycles. The SMILES string of the molecule is Cc1csc2nc(CSCc3ccccc3F)cc(=O)n12. The number of hydrogen-bond donors (Lipinski definition) is 0. The van der Waals surface area contributed by atoms with Gasteiger partial charge in [0.05, 0.1) is 5.69 Å². The molecule has 0 atom stereocenters. The van der Waals surface area contributed by atoms with E-state index in [2.05, 4.69) is 4.98 Å². The highest BCUT2D eigenvalue weighted by atomic mass is 32.2. The van der Waals surface area contributed by atoms with Crippen molar-refractivity contribution in [1.82, 2.24) is 9.38 Å². The van der Waals surface area contributed by atoms with E-state index in [0.717, 1.165) is 11.4 Å². The third kappa shape index (κ3) is 3.01. The van der Waals surface area contributed by atoms with E-state index in [1.54, 1.807) is 34.4 Å². The number of aryl methyl sites for hydroxylation is 1. The fraction of sp³-hybridized carbons (Fsp3) is 0.200. The number of halogens is 1. The van der Waals surface area contributed by atoms with Crippen LogP contribution >= 0.6 is 23.1 Å². The lowest BCUT2D eigenvalue weighted by Gasteiger charge is -2.03. The highest BCUT2D eigenvalue weighted by Gasteiger charge is 2.07. The van der Waals surface area contributed by atoms with Gasteiger partial charge >= 0.3 is 0 Å². The molecule has 0 N–H and O–H groups in total. The van der Waals surface area contributed by atoms with Gasteiger partial charge in [-0.1, -0.05) is 18.2 Å². The molecular formula is C15H13FN2OS2. The van der Waals surface area contributed by atoms with Gasteiger partial charge in [-0.2, -0.15) is 11.8 Å². The molecule has 1 aromatic carbocycles. The van der Waals surface area contributed by atoms with Crippen LogP contribution in [0.1, 0.15) is 17.0 Å². The fourth-order valence-corrected chi connectivity index (χ4v) is 3.86. The Morgan fingerprint density at radius 1 is 1.33 bits per heavy atom. The van der Waals surface area contributed by atoms with Gasteiger partial charge in [0.15, 0.2) is 4.96 Å². The van der Waals surface area contributed by atoms with E-state index in [9.17, 15) is 9.18 Å². The predicted molar refractivity (Wildman–Crippen MR) is 85.5 cm³/mol. The van der Waals surface area contributed by atoms with Crippen molar-refractivity contribution in [3.8, 4) is 0 Å². The number of fused-ring (bicyclic) bond motifs is 1. The van der Waals surface area contributed by atoms with E-state index >= 15 is 0 Å². The summed E-state index contributed by atoms with van der Waals surface area (Å²) in [6.45, 7) is 1.89. The van der Waals surface area contributed by atoms with Crippen LogP contribution in [-0.2, 0) is 11.5 Å². The summed E-state index contributed by atoms with van der Waals surface area (Å²) >= 11 is 3.01. The van der Waals surface area contributed by atoms with Gasteiger partial charge < -0.3 is 0 Å². The van der Waals surface area contributed by atoms with Gasteiger partial charge in [0.1, 0.15) is 5.82 Å². The van der Waals surface area contributed by atoms with Crippen LogP contribution in [0, 0.1) is 12.7 Å². The summed E-state index contributed by atoms with van der Waals surface area (Å²) in [4.78, 5) is 17.2.